The van der Waals surface area contributed by atoms with Crippen LogP contribution >= 0.6 is 0 Å². The Balaban J connectivity index is 2.00. The lowest BCUT2D eigenvalue weighted by atomic mass is 10.0. The number of carbonyl (C=O) groups excluding carboxylic acids is 2. The Hall–Kier alpha value is -3.22. The van der Waals surface area contributed by atoms with Crippen LogP contribution in [0.25, 0.3) is 0 Å². The molecule has 0 heterocycles. The Bertz CT molecular complexity index is 866. The van der Waals surface area contributed by atoms with Crippen LogP contribution in [-0.2, 0) is 4.79 Å². The fraction of sp³-hybridized carbons (Fsp3) is 0.348. The van der Waals surface area contributed by atoms with Crippen molar-refractivity contribution in [3.05, 3.63) is 65.5 Å². The first-order valence-corrected chi connectivity index (χ1v) is 10.0. The molecule has 0 aromatic heterocycles. The monoisotopic (exact) mass is 413 g/mol. The highest BCUT2D eigenvalue weighted by Gasteiger charge is 2.24. The van der Waals surface area contributed by atoms with E-state index in [0.717, 1.165) is 18.4 Å². The number of nitrogens with one attached hydrogen (secondary N) is 2. The maximum Gasteiger partial charge on any atom is 0.262 e. The summed E-state index contributed by atoms with van der Waals surface area (Å²) in [7, 11) is 0. The molecule has 2 N–H and O–H groups in total. The van der Waals surface area contributed by atoms with Gasteiger partial charge in [-0.15, -0.1) is 0 Å². The molecule has 0 saturated carbocycles. The Kier molecular flexibility index (Phi) is 9.00. The lowest BCUT2D eigenvalue weighted by molar-refractivity contribution is -0.123. The van der Waals surface area contributed by atoms with E-state index in [1.165, 1.54) is 30.5 Å². The molecule has 0 bridgehead atoms. The highest BCUT2D eigenvalue weighted by atomic mass is 19.1. The first kappa shape index (κ1) is 23.1. The average Bonchev–Trinajstić information content (AvgIpc) is 2.73. The highest BCUT2D eigenvalue weighted by Crippen LogP contribution is 2.16. The number of amides is 2. The van der Waals surface area contributed by atoms with Crippen LogP contribution in [0.15, 0.2) is 53.6 Å². The van der Waals surface area contributed by atoms with Crippen molar-refractivity contribution in [1.82, 2.24) is 10.7 Å². The van der Waals surface area contributed by atoms with Crippen molar-refractivity contribution in [1.29, 1.82) is 0 Å². The second kappa shape index (κ2) is 11.7. The van der Waals surface area contributed by atoms with E-state index in [4.69, 9.17) is 4.74 Å². The number of hydrogen-bond donors (Lipinski definition) is 2. The van der Waals surface area contributed by atoms with Crippen LogP contribution in [0.3, 0.4) is 0 Å². The number of unbranched alkanes of at least 4 members (excludes halogenated alkanes) is 1. The summed E-state index contributed by atoms with van der Waals surface area (Å²) < 4.78 is 18.8. The number of halogens is 1. The lowest BCUT2D eigenvalue weighted by Crippen LogP contribution is -2.48. The second-order valence-electron chi connectivity index (χ2n) is 7.18. The maximum atomic E-state index is 13.0. The van der Waals surface area contributed by atoms with E-state index in [2.05, 4.69) is 22.8 Å². The summed E-state index contributed by atoms with van der Waals surface area (Å²) in [5, 5.41) is 6.69. The zero-order valence-electron chi connectivity index (χ0n) is 17.5. The van der Waals surface area contributed by atoms with E-state index in [-0.39, 0.29) is 11.5 Å². The van der Waals surface area contributed by atoms with Crippen molar-refractivity contribution in [2.24, 2.45) is 11.0 Å². The van der Waals surface area contributed by atoms with Crippen molar-refractivity contribution in [2.45, 2.75) is 39.7 Å². The predicted molar refractivity (Wildman–Crippen MR) is 115 cm³/mol. The van der Waals surface area contributed by atoms with Crippen LogP contribution in [0.5, 0.6) is 5.75 Å². The zero-order chi connectivity index (χ0) is 21.9. The molecule has 1 unspecified atom stereocenters. The minimum atomic E-state index is -0.796. The van der Waals surface area contributed by atoms with Crippen LogP contribution < -0.4 is 15.5 Å². The molecule has 6 nitrogen and oxygen atoms in total. The number of benzene rings is 2. The number of hydrazone groups is 1. The fourth-order valence-corrected chi connectivity index (χ4v) is 2.64. The smallest absolute Gasteiger partial charge is 0.262 e. The molecule has 0 aliphatic heterocycles. The topological polar surface area (TPSA) is 79.8 Å². The van der Waals surface area contributed by atoms with Gasteiger partial charge in [0.1, 0.15) is 17.6 Å². The zero-order valence-corrected chi connectivity index (χ0v) is 17.5. The Morgan fingerprint density at radius 1 is 1.13 bits per heavy atom. The van der Waals surface area contributed by atoms with Gasteiger partial charge in [-0.1, -0.05) is 39.3 Å². The van der Waals surface area contributed by atoms with E-state index in [1.807, 2.05) is 38.1 Å². The molecule has 2 aromatic rings. The molecule has 2 aromatic carbocycles. The third-order valence-corrected chi connectivity index (χ3v) is 4.39. The van der Waals surface area contributed by atoms with E-state index in [1.54, 1.807) is 0 Å². The fourth-order valence-electron chi connectivity index (χ4n) is 2.64. The molecule has 0 saturated heterocycles. The van der Waals surface area contributed by atoms with Crippen LogP contribution in [-0.4, -0.2) is 30.7 Å². The lowest BCUT2D eigenvalue weighted by Gasteiger charge is -2.20. The van der Waals surface area contributed by atoms with Gasteiger partial charge in [0.2, 0.25) is 0 Å². The van der Waals surface area contributed by atoms with Crippen LogP contribution in [0.1, 0.15) is 49.5 Å². The SMILES string of the molecule is CCCCOc1ccccc1C=NNC(=O)C(NC(=O)c1ccc(F)cc1)C(C)C. The number of hydrogen-bond acceptors (Lipinski definition) is 4. The van der Waals surface area contributed by atoms with Crippen molar-refractivity contribution in [3.8, 4) is 5.75 Å². The number of ether oxygens (including phenoxy) is 1. The normalized spacial score (nSPS) is 12.0. The summed E-state index contributed by atoms with van der Waals surface area (Å²) in [6.07, 6.45) is 3.50. The summed E-state index contributed by atoms with van der Waals surface area (Å²) in [6.45, 7) is 6.33. The van der Waals surface area contributed by atoms with Gasteiger partial charge in [0.15, 0.2) is 0 Å². The molecule has 0 spiro atoms. The molecule has 0 radical (unpaired) electrons. The van der Waals surface area contributed by atoms with Crippen LogP contribution in [0.2, 0.25) is 0 Å². The summed E-state index contributed by atoms with van der Waals surface area (Å²) >= 11 is 0. The molecule has 160 valence electrons. The van der Waals surface area contributed by atoms with Gasteiger partial charge in [-0.05, 0) is 48.7 Å². The first-order chi connectivity index (χ1) is 14.4. The van der Waals surface area contributed by atoms with Gasteiger partial charge in [-0.25, -0.2) is 9.82 Å². The standard InChI is InChI=1S/C23H28FN3O3/c1-4-5-14-30-20-9-7-6-8-18(20)15-25-27-23(29)21(16(2)3)26-22(28)17-10-12-19(24)13-11-17/h6-13,15-16,21H,4-5,14H2,1-3H3,(H,26,28)(H,27,29). The molecule has 0 fully saturated rings. The molecular weight excluding hydrogens is 385 g/mol. The third kappa shape index (κ3) is 6.99. The quantitative estimate of drug-likeness (QED) is 0.352. The van der Waals surface area contributed by atoms with E-state index >= 15 is 0 Å². The highest BCUT2D eigenvalue weighted by molar-refractivity contribution is 5.97. The minimum Gasteiger partial charge on any atom is -0.493 e. The number of para-hydroxylation sites is 1. The van der Waals surface area contributed by atoms with E-state index < -0.39 is 23.7 Å². The molecule has 1 atom stereocenters. The second-order valence-corrected chi connectivity index (χ2v) is 7.18. The molecule has 2 amide bonds. The van der Waals surface area contributed by atoms with Gasteiger partial charge in [0, 0.05) is 11.1 Å². The van der Waals surface area contributed by atoms with Gasteiger partial charge in [0.25, 0.3) is 11.8 Å². The Morgan fingerprint density at radius 3 is 2.50 bits per heavy atom. The molecule has 30 heavy (non-hydrogen) atoms. The summed E-state index contributed by atoms with van der Waals surface area (Å²) in [4.78, 5) is 24.9. The van der Waals surface area contributed by atoms with Crippen molar-refractivity contribution in [3.63, 3.8) is 0 Å². The molecule has 0 aliphatic carbocycles. The van der Waals surface area contributed by atoms with Gasteiger partial charge in [-0.2, -0.15) is 5.10 Å². The Labute approximate surface area is 176 Å². The molecule has 2 rings (SSSR count). The van der Waals surface area contributed by atoms with E-state index in [0.29, 0.717) is 12.4 Å². The number of rotatable bonds is 10. The Morgan fingerprint density at radius 2 is 1.83 bits per heavy atom. The van der Waals surface area contributed by atoms with Crippen LogP contribution in [0.4, 0.5) is 4.39 Å². The summed E-state index contributed by atoms with van der Waals surface area (Å²) in [5.41, 5.74) is 3.49. The van der Waals surface area contributed by atoms with Crippen molar-refractivity contribution in [2.75, 3.05) is 6.61 Å². The molecular formula is C23H28FN3O3. The first-order valence-electron chi connectivity index (χ1n) is 10.0. The minimum absolute atomic E-state index is 0.172. The van der Waals surface area contributed by atoms with Gasteiger partial charge in [0.05, 0.1) is 12.8 Å². The maximum absolute atomic E-state index is 13.0. The predicted octanol–water partition coefficient (Wildman–Crippen LogP) is 3.91. The summed E-state index contributed by atoms with van der Waals surface area (Å²) in [5.74, 6) is -0.815. The van der Waals surface area contributed by atoms with Crippen LogP contribution in [0, 0.1) is 11.7 Å². The number of carbonyl (C=O) groups is 2. The van der Waals surface area contributed by atoms with Gasteiger partial charge in [-0.3, -0.25) is 9.59 Å². The van der Waals surface area contributed by atoms with Gasteiger partial charge >= 0.3 is 0 Å². The third-order valence-electron chi connectivity index (χ3n) is 4.39. The van der Waals surface area contributed by atoms with E-state index in [9.17, 15) is 14.0 Å². The molecule has 0 aliphatic rings. The largest absolute Gasteiger partial charge is 0.493 e. The van der Waals surface area contributed by atoms with Crippen molar-refractivity contribution < 1.29 is 18.7 Å². The number of nitrogens with zero attached hydrogens (tertiary/aromatic N) is 1. The van der Waals surface area contributed by atoms with Crippen molar-refractivity contribution >= 4 is 18.0 Å². The van der Waals surface area contributed by atoms with Gasteiger partial charge < -0.3 is 10.1 Å². The average molecular weight is 413 g/mol. The summed E-state index contributed by atoms with van der Waals surface area (Å²) in [6, 6.07) is 11.8. The molecule has 7 heteroatoms.